The van der Waals surface area contributed by atoms with E-state index in [0.717, 1.165) is 65.9 Å². The third-order valence-electron chi connectivity index (χ3n) is 8.55. The third-order valence-corrected chi connectivity index (χ3v) is 8.55. The molecular formula is C32H35N7O4. The normalized spacial score (nSPS) is 19.4. The van der Waals surface area contributed by atoms with E-state index in [-0.39, 0.29) is 12.1 Å². The molecule has 2 aliphatic rings. The number of ether oxygens (including phenoxy) is 3. The summed E-state index contributed by atoms with van der Waals surface area (Å²) in [5.41, 5.74) is 3.93. The Labute approximate surface area is 249 Å². The van der Waals surface area contributed by atoms with Crippen LogP contribution in [0.15, 0.2) is 54.7 Å². The monoisotopic (exact) mass is 581 g/mol. The fourth-order valence-electron chi connectivity index (χ4n) is 6.32. The van der Waals surface area contributed by atoms with E-state index in [2.05, 4.69) is 20.9 Å². The van der Waals surface area contributed by atoms with Crippen molar-refractivity contribution in [2.45, 2.75) is 19.4 Å². The maximum atomic E-state index is 14.4. The van der Waals surface area contributed by atoms with E-state index in [1.807, 2.05) is 54.3 Å². The standard InChI is InChI=1S/C32H35N7O4/c1-20-34-26-9-8-23(41-2)15-28(26)39(20)32(40)38-12-11-37(17-21-10-13-43-19-21)18-29(38)30-33-16-27(35-30)24-14-22-6-4-5-7-25(22)36-31(24)42-3/h4-9,14-16,21,29H,10-13,17-19H2,1-3H3,(H,33,35)/t21?,29-/m0/s1. The molecule has 43 heavy (non-hydrogen) atoms. The second-order valence-electron chi connectivity index (χ2n) is 11.3. The minimum atomic E-state index is -0.306. The smallest absolute Gasteiger partial charge is 0.330 e. The molecule has 11 heteroatoms. The highest BCUT2D eigenvalue weighted by Crippen LogP contribution is 2.34. The van der Waals surface area contributed by atoms with Crippen molar-refractivity contribution in [3.63, 3.8) is 0 Å². The molecule has 2 fully saturated rings. The maximum absolute atomic E-state index is 14.4. The predicted octanol–water partition coefficient (Wildman–Crippen LogP) is 4.66. The molecule has 0 spiro atoms. The lowest BCUT2D eigenvalue weighted by molar-refractivity contribution is 0.0782. The lowest BCUT2D eigenvalue weighted by atomic mass is 10.1. The van der Waals surface area contributed by atoms with Crippen LogP contribution in [0.25, 0.3) is 33.2 Å². The molecule has 7 rings (SSSR count). The molecule has 222 valence electrons. The van der Waals surface area contributed by atoms with Gasteiger partial charge >= 0.3 is 6.03 Å². The predicted molar refractivity (Wildman–Crippen MR) is 163 cm³/mol. The molecule has 1 N–H and O–H groups in total. The molecule has 2 atom stereocenters. The number of pyridine rings is 1. The van der Waals surface area contributed by atoms with Crippen LogP contribution in [0.2, 0.25) is 0 Å². The van der Waals surface area contributed by atoms with Gasteiger partial charge in [0, 0.05) is 44.2 Å². The molecule has 5 heterocycles. The number of rotatable bonds is 6. The van der Waals surface area contributed by atoms with Crippen molar-refractivity contribution in [2.75, 3.05) is 53.6 Å². The van der Waals surface area contributed by atoms with Gasteiger partial charge in [-0.3, -0.25) is 4.90 Å². The Morgan fingerprint density at radius 3 is 2.77 bits per heavy atom. The number of benzene rings is 2. The Bertz CT molecular complexity index is 1790. The molecule has 1 unspecified atom stereocenters. The molecule has 5 aromatic rings. The fourth-order valence-corrected chi connectivity index (χ4v) is 6.32. The number of amides is 1. The van der Waals surface area contributed by atoms with Gasteiger partial charge in [-0.05, 0) is 43.5 Å². The van der Waals surface area contributed by atoms with Crippen LogP contribution in [0.5, 0.6) is 11.6 Å². The highest BCUT2D eigenvalue weighted by atomic mass is 16.5. The summed E-state index contributed by atoms with van der Waals surface area (Å²) in [6.45, 7) is 6.36. The van der Waals surface area contributed by atoms with Crippen molar-refractivity contribution in [3.8, 4) is 22.9 Å². The number of para-hydroxylation sites is 1. The lowest BCUT2D eigenvalue weighted by Crippen LogP contribution is -2.53. The van der Waals surface area contributed by atoms with Crippen LogP contribution in [0.3, 0.4) is 0 Å². The van der Waals surface area contributed by atoms with E-state index in [0.29, 0.717) is 42.3 Å². The Morgan fingerprint density at radius 2 is 1.95 bits per heavy atom. The molecule has 2 aromatic carbocycles. The minimum absolute atomic E-state index is 0.134. The van der Waals surface area contributed by atoms with Crippen LogP contribution >= 0.6 is 0 Å². The highest BCUT2D eigenvalue weighted by Gasteiger charge is 2.36. The Morgan fingerprint density at radius 1 is 1.07 bits per heavy atom. The Balaban J connectivity index is 1.26. The summed E-state index contributed by atoms with van der Waals surface area (Å²) < 4.78 is 18.5. The molecule has 1 amide bonds. The zero-order valence-corrected chi connectivity index (χ0v) is 24.6. The van der Waals surface area contributed by atoms with Crippen LogP contribution in [-0.2, 0) is 4.74 Å². The van der Waals surface area contributed by atoms with Gasteiger partial charge < -0.3 is 24.1 Å². The number of carbonyl (C=O) groups excluding carboxylic acids is 1. The van der Waals surface area contributed by atoms with E-state index in [9.17, 15) is 4.79 Å². The number of carbonyl (C=O) groups is 1. The van der Waals surface area contributed by atoms with Crippen molar-refractivity contribution in [2.24, 2.45) is 5.92 Å². The Hall–Kier alpha value is -4.48. The summed E-state index contributed by atoms with van der Waals surface area (Å²) >= 11 is 0. The van der Waals surface area contributed by atoms with Gasteiger partial charge in [0.25, 0.3) is 0 Å². The van der Waals surface area contributed by atoms with E-state index in [1.165, 1.54) is 0 Å². The molecule has 0 bridgehead atoms. The van der Waals surface area contributed by atoms with E-state index in [4.69, 9.17) is 24.2 Å². The summed E-state index contributed by atoms with van der Waals surface area (Å²) in [4.78, 5) is 36.4. The summed E-state index contributed by atoms with van der Waals surface area (Å²) in [5.74, 6) is 3.03. The molecule has 3 aromatic heterocycles. The number of hydrogen-bond acceptors (Lipinski definition) is 8. The van der Waals surface area contributed by atoms with Crippen LogP contribution in [0.1, 0.15) is 24.1 Å². The van der Waals surface area contributed by atoms with Crippen molar-refractivity contribution < 1.29 is 19.0 Å². The number of hydrogen-bond donors (Lipinski definition) is 1. The quantitative estimate of drug-likeness (QED) is 0.308. The van der Waals surface area contributed by atoms with Crippen LogP contribution in [0.4, 0.5) is 4.79 Å². The number of fused-ring (bicyclic) bond motifs is 2. The SMILES string of the molecule is COc1ccc2nc(C)n(C(=O)N3CCN(CC4CCOC4)C[C@H]3c3ncc(-c4cc5ccccc5nc4OC)[nH]3)c2c1. The molecule has 11 nitrogen and oxygen atoms in total. The topological polar surface area (TPSA) is 111 Å². The van der Waals surface area contributed by atoms with Gasteiger partial charge in [0.15, 0.2) is 0 Å². The summed E-state index contributed by atoms with van der Waals surface area (Å²) in [6.07, 6.45) is 2.87. The Kier molecular flexibility index (Phi) is 7.20. The first-order chi connectivity index (χ1) is 21.0. The van der Waals surface area contributed by atoms with Gasteiger partial charge in [-0.25, -0.2) is 24.3 Å². The van der Waals surface area contributed by atoms with E-state index in [1.54, 1.807) is 25.0 Å². The van der Waals surface area contributed by atoms with Crippen molar-refractivity contribution in [1.29, 1.82) is 0 Å². The number of methoxy groups -OCH3 is 2. The number of aromatic amines is 1. The average molecular weight is 582 g/mol. The molecule has 0 saturated carbocycles. The summed E-state index contributed by atoms with van der Waals surface area (Å²) in [5, 5.41) is 1.01. The molecule has 0 radical (unpaired) electrons. The largest absolute Gasteiger partial charge is 0.497 e. The van der Waals surface area contributed by atoms with Gasteiger partial charge in [-0.15, -0.1) is 0 Å². The van der Waals surface area contributed by atoms with Crippen LogP contribution in [-0.4, -0.2) is 93.9 Å². The van der Waals surface area contributed by atoms with Gasteiger partial charge in [-0.2, -0.15) is 0 Å². The number of imidazole rings is 2. The van der Waals surface area contributed by atoms with Crippen molar-refractivity contribution in [3.05, 3.63) is 66.4 Å². The average Bonchev–Trinajstić information content (AvgIpc) is 3.80. The molecule has 0 aliphatic carbocycles. The zero-order valence-electron chi connectivity index (χ0n) is 24.6. The van der Waals surface area contributed by atoms with Crippen LogP contribution < -0.4 is 9.47 Å². The number of nitrogens with one attached hydrogen (secondary N) is 1. The number of aryl methyl sites for hydroxylation is 1. The van der Waals surface area contributed by atoms with Crippen molar-refractivity contribution in [1.82, 2.24) is 34.3 Å². The zero-order chi connectivity index (χ0) is 29.5. The van der Waals surface area contributed by atoms with E-state index >= 15 is 0 Å². The van der Waals surface area contributed by atoms with Crippen molar-refractivity contribution >= 4 is 28.0 Å². The van der Waals surface area contributed by atoms with Gasteiger partial charge in [0.2, 0.25) is 5.88 Å². The summed E-state index contributed by atoms with van der Waals surface area (Å²) in [6, 6.07) is 15.2. The van der Waals surface area contributed by atoms with Crippen LogP contribution in [0, 0.1) is 12.8 Å². The first-order valence-corrected chi connectivity index (χ1v) is 14.7. The molecule has 2 aliphatic heterocycles. The number of nitrogens with zero attached hydrogens (tertiary/aromatic N) is 6. The molecular weight excluding hydrogens is 546 g/mol. The number of H-pyrrole nitrogens is 1. The van der Waals surface area contributed by atoms with Gasteiger partial charge in [-0.1, -0.05) is 18.2 Å². The first kappa shape index (κ1) is 27.4. The maximum Gasteiger partial charge on any atom is 0.330 e. The van der Waals surface area contributed by atoms with Gasteiger partial charge in [0.05, 0.1) is 54.8 Å². The van der Waals surface area contributed by atoms with Gasteiger partial charge in [0.1, 0.15) is 23.4 Å². The summed E-state index contributed by atoms with van der Waals surface area (Å²) in [7, 11) is 3.24. The number of aromatic nitrogens is 5. The third kappa shape index (κ3) is 5.08. The molecule has 2 saturated heterocycles. The number of piperazine rings is 1. The minimum Gasteiger partial charge on any atom is -0.497 e. The van der Waals surface area contributed by atoms with E-state index < -0.39 is 0 Å². The second-order valence-corrected chi connectivity index (χ2v) is 11.3. The second kappa shape index (κ2) is 11.3. The fraction of sp³-hybridized carbons (Fsp3) is 0.375. The first-order valence-electron chi connectivity index (χ1n) is 14.7. The lowest BCUT2D eigenvalue weighted by Gasteiger charge is -2.41. The highest BCUT2D eigenvalue weighted by molar-refractivity contribution is 5.91.